The molecule has 0 bridgehead atoms. The highest BCUT2D eigenvalue weighted by Crippen LogP contribution is 2.25. The van der Waals surface area contributed by atoms with E-state index in [9.17, 15) is 10.1 Å². The Morgan fingerprint density at radius 1 is 1.25 bits per heavy atom. The van der Waals surface area contributed by atoms with Gasteiger partial charge < -0.3 is 15.4 Å². The lowest BCUT2D eigenvalue weighted by molar-refractivity contribution is -0.693. The number of nitrogens with zero attached hydrogens (tertiary/aromatic N) is 5. The summed E-state index contributed by atoms with van der Waals surface area (Å²) in [6.45, 7) is 3.33. The van der Waals surface area contributed by atoms with Gasteiger partial charge in [0.15, 0.2) is 0 Å². The van der Waals surface area contributed by atoms with Crippen molar-refractivity contribution in [2.75, 3.05) is 12.4 Å². The number of hydrogen-bond acceptors (Lipinski definition) is 7. The highest BCUT2D eigenvalue weighted by atomic mass is 16.5. The summed E-state index contributed by atoms with van der Waals surface area (Å²) in [5.41, 5.74) is 2.53. The fourth-order valence-corrected chi connectivity index (χ4v) is 3.84. The van der Waals surface area contributed by atoms with Gasteiger partial charge in [0.2, 0.25) is 0 Å². The summed E-state index contributed by atoms with van der Waals surface area (Å²) < 4.78 is 7.42. The van der Waals surface area contributed by atoms with Crippen LogP contribution in [-0.2, 0) is 13.1 Å². The van der Waals surface area contributed by atoms with Crippen LogP contribution in [0.5, 0.6) is 5.75 Å². The molecule has 0 unspecified atom stereocenters. The number of nitrogens with one attached hydrogen (secondary N) is 3. The van der Waals surface area contributed by atoms with Gasteiger partial charge in [0.25, 0.3) is 11.7 Å². The number of rotatable bonds is 10. The SMILES string of the molecule is CCC[n+]1c(-c2ccncn2)n[nH]c1CNc1cccc(C(=O)N[C@@H](C#N)c2ccccc2OC)c1.[HH].[HH]. The molecule has 4 aromatic rings. The number of carbonyl (C=O) groups is 1. The monoisotopic (exact) mass is 487 g/mol. The molecule has 2 heterocycles. The lowest BCUT2D eigenvalue weighted by Crippen LogP contribution is -2.39. The van der Waals surface area contributed by atoms with E-state index in [1.165, 1.54) is 13.4 Å². The van der Waals surface area contributed by atoms with Gasteiger partial charge in [0.1, 0.15) is 30.4 Å². The number of ether oxygens (including phenoxy) is 1. The molecule has 0 fully saturated rings. The third-order valence-electron chi connectivity index (χ3n) is 5.57. The maximum Gasteiger partial charge on any atom is 0.327 e. The van der Waals surface area contributed by atoms with Gasteiger partial charge in [0.05, 0.1) is 19.7 Å². The van der Waals surface area contributed by atoms with E-state index in [4.69, 9.17) is 4.74 Å². The molecule has 0 saturated carbocycles. The van der Waals surface area contributed by atoms with Crippen LogP contribution in [0.1, 0.15) is 44.0 Å². The molecule has 1 atom stereocenters. The Hall–Kier alpha value is -4.78. The van der Waals surface area contributed by atoms with Crippen LogP contribution in [-0.4, -0.2) is 33.2 Å². The molecule has 2 aromatic carbocycles. The average Bonchev–Trinajstić information content (AvgIpc) is 3.33. The second kappa shape index (κ2) is 11.6. The van der Waals surface area contributed by atoms with Crippen molar-refractivity contribution in [1.29, 1.82) is 5.26 Å². The zero-order valence-corrected chi connectivity index (χ0v) is 20.1. The minimum atomic E-state index is -0.844. The van der Waals surface area contributed by atoms with Gasteiger partial charge in [0, 0.05) is 31.0 Å². The average molecular weight is 488 g/mol. The topological polar surface area (TPSA) is 132 Å². The zero-order valence-electron chi connectivity index (χ0n) is 20.1. The Balaban J connectivity index is 0.00000253. The van der Waals surface area contributed by atoms with Crippen molar-refractivity contribution < 1.29 is 17.0 Å². The minimum Gasteiger partial charge on any atom is -0.496 e. The number of anilines is 1. The van der Waals surface area contributed by atoms with Crippen LogP contribution < -0.4 is 19.9 Å². The van der Waals surface area contributed by atoms with Gasteiger partial charge in [-0.25, -0.2) is 14.5 Å². The third kappa shape index (κ3) is 5.47. The van der Waals surface area contributed by atoms with Crippen molar-refractivity contribution in [3.8, 4) is 23.3 Å². The van der Waals surface area contributed by atoms with Gasteiger partial charge >= 0.3 is 5.82 Å². The summed E-state index contributed by atoms with van der Waals surface area (Å²) in [6, 6.07) is 17.4. The number of nitriles is 1. The Bertz CT molecular complexity index is 1380. The first-order valence-electron chi connectivity index (χ1n) is 11.5. The highest BCUT2D eigenvalue weighted by Gasteiger charge is 2.22. The summed E-state index contributed by atoms with van der Waals surface area (Å²) in [6.07, 6.45) is 4.11. The molecule has 0 spiro atoms. The number of hydrogen-bond donors (Lipinski definition) is 3. The molecule has 3 N–H and O–H groups in total. The van der Waals surface area contributed by atoms with Crippen LogP contribution in [0.15, 0.2) is 67.1 Å². The van der Waals surface area contributed by atoms with Crippen molar-refractivity contribution in [3.05, 3.63) is 84.1 Å². The number of aromatic nitrogens is 5. The second-order valence-corrected chi connectivity index (χ2v) is 7.95. The summed E-state index contributed by atoms with van der Waals surface area (Å²) in [4.78, 5) is 21.2. The summed E-state index contributed by atoms with van der Waals surface area (Å²) in [5, 5.41) is 23.3. The largest absolute Gasteiger partial charge is 0.496 e. The standard InChI is InChI=1S/C26H26N8O2.2H2/c1-3-13-34-24(32-33-25(34)21-11-12-28-17-30-21)16-29-19-8-6-7-18(14-19)26(35)31-22(15-27)20-9-4-5-10-23(20)36-2;;/h4-12,14,17,22,29H,3,13,16H2,1-2H3,(H,31,35);2*1H/p+1/t22-;;/m0../s1. The van der Waals surface area contributed by atoms with Crippen molar-refractivity contribution in [1.82, 2.24) is 25.5 Å². The Morgan fingerprint density at radius 3 is 2.86 bits per heavy atom. The Labute approximate surface area is 212 Å². The highest BCUT2D eigenvalue weighted by molar-refractivity contribution is 5.95. The van der Waals surface area contributed by atoms with Crippen LogP contribution >= 0.6 is 0 Å². The van der Waals surface area contributed by atoms with Gasteiger partial charge in [-0.2, -0.15) is 5.26 Å². The molecule has 0 aliphatic carbocycles. The molecule has 0 aliphatic heterocycles. The van der Waals surface area contributed by atoms with Gasteiger partial charge in [-0.05, 0) is 36.8 Å². The van der Waals surface area contributed by atoms with Gasteiger partial charge in [-0.3, -0.25) is 4.79 Å². The molecule has 10 nitrogen and oxygen atoms in total. The molecular formula is C26H31N8O2+. The van der Waals surface area contributed by atoms with E-state index in [0.717, 1.165) is 36.0 Å². The first kappa shape index (κ1) is 24.3. The fraction of sp³-hybridized carbons (Fsp3) is 0.231. The maximum atomic E-state index is 12.9. The van der Waals surface area contributed by atoms with Crippen LogP contribution in [0, 0.1) is 11.3 Å². The predicted octanol–water partition coefficient (Wildman–Crippen LogP) is 3.67. The first-order valence-corrected chi connectivity index (χ1v) is 11.5. The third-order valence-corrected chi connectivity index (χ3v) is 5.57. The first-order chi connectivity index (χ1) is 17.6. The summed E-state index contributed by atoms with van der Waals surface area (Å²) >= 11 is 0. The number of para-hydroxylation sites is 1. The van der Waals surface area contributed by atoms with Gasteiger partial charge in [-0.1, -0.05) is 31.2 Å². The lowest BCUT2D eigenvalue weighted by Gasteiger charge is -2.15. The number of carbonyl (C=O) groups excluding carboxylic acids is 1. The molecule has 10 heteroatoms. The Morgan fingerprint density at radius 2 is 2.11 bits per heavy atom. The zero-order chi connectivity index (χ0) is 25.3. The van der Waals surface area contributed by atoms with Crippen LogP contribution in [0.4, 0.5) is 5.69 Å². The second-order valence-electron chi connectivity index (χ2n) is 7.95. The van der Waals surface area contributed by atoms with E-state index in [0.29, 0.717) is 23.4 Å². The van der Waals surface area contributed by atoms with Crippen molar-refractivity contribution >= 4 is 11.6 Å². The normalized spacial score (nSPS) is 11.4. The van der Waals surface area contributed by atoms with E-state index in [1.807, 2.05) is 18.2 Å². The molecule has 36 heavy (non-hydrogen) atoms. The number of amides is 1. The van der Waals surface area contributed by atoms with E-state index in [1.54, 1.807) is 42.6 Å². The van der Waals surface area contributed by atoms with Crippen molar-refractivity contribution in [2.24, 2.45) is 0 Å². The van der Waals surface area contributed by atoms with E-state index in [-0.39, 0.29) is 8.76 Å². The molecule has 0 aliphatic rings. The number of methoxy groups -OCH3 is 1. The number of benzene rings is 2. The summed E-state index contributed by atoms with van der Waals surface area (Å²) in [5.74, 6) is 1.80. The quantitative estimate of drug-likeness (QED) is 0.291. The number of H-pyrrole nitrogens is 1. The Kier molecular flexibility index (Phi) is 7.83. The molecule has 0 saturated heterocycles. The van der Waals surface area contributed by atoms with Crippen LogP contribution in [0.3, 0.4) is 0 Å². The lowest BCUT2D eigenvalue weighted by atomic mass is 10.1. The molecule has 4 rings (SSSR count). The maximum absolute atomic E-state index is 12.9. The summed E-state index contributed by atoms with van der Waals surface area (Å²) in [7, 11) is 1.53. The molecule has 186 valence electrons. The smallest absolute Gasteiger partial charge is 0.327 e. The molecule has 2 aromatic heterocycles. The van der Waals surface area contributed by atoms with E-state index < -0.39 is 6.04 Å². The molecule has 0 radical (unpaired) electrons. The number of aromatic amines is 1. The van der Waals surface area contributed by atoms with Gasteiger partial charge in [-0.15, -0.1) is 5.10 Å². The molecular weight excluding hydrogens is 456 g/mol. The fourth-order valence-electron chi connectivity index (χ4n) is 3.84. The van der Waals surface area contributed by atoms with Crippen molar-refractivity contribution in [2.45, 2.75) is 32.5 Å². The van der Waals surface area contributed by atoms with Crippen molar-refractivity contribution in [3.63, 3.8) is 0 Å². The van der Waals surface area contributed by atoms with E-state index in [2.05, 4.69) is 48.4 Å². The minimum absolute atomic E-state index is 0. The van der Waals surface area contributed by atoms with E-state index >= 15 is 0 Å². The van der Waals surface area contributed by atoms with Crippen LogP contribution in [0.25, 0.3) is 11.5 Å². The predicted molar refractivity (Wildman–Crippen MR) is 137 cm³/mol. The molecule has 1 amide bonds. The van der Waals surface area contributed by atoms with Crippen LogP contribution in [0.2, 0.25) is 0 Å².